The van der Waals surface area contributed by atoms with Gasteiger partial charge in [0.2, 0.25) is 0 Å². The highest BCUT2D eigenvalue weighted by Gasteiger charge is 2.25. The SMILES string of the molecule is CNC1CCN(C(=O)COC(C)=O)C1. The molecule has 1 amide bonds. The Morgan fingerprint density at radius 3 is 2.79 bits per heavy atom. The molecule has 1 unspecified atom stereocenters. The van der Waals surface area contributed by atoms with E-state index in [1.54, 1.807) is 4.90 Å². The third kappa shape index (κ3) is 2.99. The molecule has 14 heavy (non-hydrogen) atoms. The van der Waals surface area contributed by atoms with Gasteiger partial charge in [0.05, 0.1) is 0 Å². The summed E-state index contributed by atoms with van der Waals surface area (Å²) in [5.74, 6) is -0.527. The number of ether oxygens (including phenoxy) is 1. The monoisotopic (exact) mass is 200 g/mol. The number of amides is 1. The van der Waals surface area contributed by atoms with E-state index >= 15 is 0 Å². The van der Waals surface area contributed by atoms with Crippen molar-refractivity contribution < 1.29 is 14.3 Å². The fourth-order valence-corrected chi connectivity index (χ4v) is 1.48. The van der Waals surface area contributed by atoms with Crippen molar-refractivity contribution >= 4 is 11.9 Å². The van der Waals surface area contributed by atoms with Gasteiger partial charge in [-0.2, -0.15) is 0 Å². The average Bonchev–Trinajstić information content (AvgIpc) is 2.62. The number of hydrogen-bond acceptors (Lipinski definition) is 4. The van der Waals surface area contributed by atoms with Gasteiger partial charge in [0.25, 0.3) is 5.91 Å². The van der Waals surface area contributed by atoms with Crippen molar-refractivity contribution in [1.29, 1.82) is 0 Å². The van der Waals surface area contributed by atoms with Crippen LogP contribution in [0, 0.1) is 0 Å². The van der Waals surface area contributed by atoms with Crippen LogP contribution >= 0.6 is 0 Å². The first-order valence-corrected chi connectivity index (χ1v) is 4.72. The second-order valence-corrected chi connectivity index (χ2v) is 3.39. The number of nitrogens with one attached hydrogen (secondary N) is 1. The van der Waals surface area contributed by atoms with Gasteiger partial charge in [-0.25, -0.2) is 0 Å². The van der Waals surface area contributed by atoms with Crippen molar-refractivity contribution in [3.63, 3.8) is 0 Å². The molecular formula is C9H16N2O3. The van der Waals surface area contributed by atoms with Crippen LogP contribution < -0.4 is 5.32 Å². The van der Waals surface area contributed by atoms with Gasteiger partial charge >= 0.3 is 5.97 Å². The number of carbonyl (C=O) groups excluding carboxylic acids is 2. The summed E-state index contributed by atoms with van der Waals surface area (Å²) in [7, 11) is 1.88. The zero-order chi connectivity index (χ0) is 10.6. The third-order valence-corrected chi connectivity index (χ3v) is 2.35. The quantitative estimate of drug-likeness (QED) is 0.616. The highest BCUT2D eigenvalue weighted by Crippen LogP contribution is 2.08. The Hall–Kier alpha value is -1.10. The molecule has 1 saturated heterocycles. The molecule has 1 aliphatic heterocycles. The number of likely N-dealkylation sites (N-methyl/N-ethyl adjacent to an activating group) is 1. The summed E-state index contributed by atoms with van der Waals surface area (Å²) in [4.78, 5) is 23.6. The molecule has 0 aliphatic carbocycles. The maximum Gasteiger partial charge on any atom is 0.303 e. The van der Waals surface area contributed by atoms with Crippen molar-refractivity contribution in [2.45, 2.75) is 19.4 Å². The third-order valence-electron chi connectivity index (χ3n) is 2.35. The summed E-state index contributed by atoms with van der Waals surface area (Å²) in [5.41, 5.74) is 0. The number of likely N-dealkylation sites (tertiary alicyclic amines) is 1. The van der Waals surface area contributed by atoms with Crippen LogP contribution in [0.25, 0.3) is 0 Å². The Morgan fingerprint density at radius 1 is 1.57 bits per heavy atom. The zero-order valence-electron chi connectivity index (χ0n) is 8.58. The van der Waals surface area contributed by atoms with E-state index in [1.807, 2.05) is 7.05 Å². The van der Waals surface area contributed by atoms with Crippen LogP contribution in [0.5, 0.6) is 0 Å². The van der Waals surface area contributed by atoms with Crippen LogP contribution in [-0.2, 0) is 14.3 Å². The lowest BCUT2D eigenvalue weighted by atomic mass is 10.3. The van der Waals surface area contributed by atoms with Gasteiger partial charge in [0.15, 0.2) is 6.61 Å². The smallest absolute Gasteiger partial charge is 0.303 e. The summed E-state index contributed by atoms with van der Waals surface area (Å²) >= 11 is 0. The molecule has 0 bridgehead atoms. The zero-order valence-corrected chi connectivity index (χ0v) is 8.58. The van der Waals surface area contributed by atoms with Crippen LogP contribution in [0.15, 0.2) is 0 Å². The number of hydrogen-bond donors (Lipinski definition) is 1. The number of rotatable bonds is 3. The predicted octanol–water partition coefficient (Wildman–Crippen LogP) is -0.630. The van der Waals surface area contributed by atoms with Crippen LogP contribution in [0.4, 0.5) is 0 Å². The van der Waals surface area contributed by atoms with E-state index in [-0.39, 0.29) is 12.5 Å². The van der Waals surface area contributed by atoms with Gasteiger partial charge in [-0.05, 0) is 13.5 Å². The van der Waals surface area contributed by atoms with E-state index in [9.17, 15) is 9.59 Å². The van der Waals surface area contributed by atoms with Crippen molar-refractivity contribution in [1.82, 2.24) is 10.2 Å². The largest absolute Gasteiger partial charge is 0.456 e. The van der Waals surface area contributed by atoms with E-state index in [0.717, 1.165) is 13.0 Å². The van der Waals surface area contributed by atoms with E-state index in [4.69, 9.17) is 0 Å². The second kappa shape index (κ2) is 4.95. The Kier molecular flexibility index (Phi) is 3.88. The fraction of sp³-hybridized carbons (Fsp3) is 0.778. The number of carbonyl (C=O) groups is 2. The fourth-order valence-electron chi connectivity index (χ4n) is 1.48. The topological polar surface area (TPSA) is 58.6 Å². The summed E-state index contributed by atoms with van der Waals surface area (Å²) in [6.07, 6.45) is 0.961. The van der Waals surface area contributed by atoms with Gasteiger partial charge in [-0.15, -0.1) is 0 Å². The Bertz CT molecular complexity index is 230. The normalized spacial score (nSPS) is 21.0. The van der Waals surface area contributed by atoms with Gasteiger partial charge in [0.1, 0.15) is 0 Å². The van der Waals surface area contributed by atoms with Crippen LogP contribution in [0.2, 0.25) is 0 Å². The molecule has 1 heterocycles. The van der Waals surface area contributed by atoms with E-state index in [0.29, 0.717) is 12.6 Å². The average molecular weight is 200 g/mol. The summed E-state index contributed by atoms with van der Waals surface area (Å²) in [6, 6.07) is 0.372. The molecule has 1 rings (SSSR count). The number of nitrogens with zero attached hydrogens (tertiary/aromatic N) is 1. The summed E-state index contributed by atoms with van der Waals surface area (Å²) < 4.78 is 4.63. The van der Waals surface area contributed by atoms with Crippen molar-refractivity contribution in [3.8, 4) is 0 Å². The van der Waals surface area contributed by atoms with E-state index < -0.39 is 5.97 Å². The molecule has 0 spiro atoms. The Balaban J connectivity index is 2.28. The van der Waals surface area contributed by atoms with E-state index in [1.165, 1.54) is 6.92 Å². The summed E-state index contributed by atoms with van der Waals surface area (Å²) in [6.45, 7) is 2.61. The van der Waals surface area contributed by atoms with Crippen LogP contribution in [-0.4, -0.2) is 49.6 Å². The molecule has 0 aromatic carbocycles. The molecule has 0 saturated carbocycles. The van der Waals surface area contributed by atoms with Gasteiger partial charge in [-0.1, -0.05) is 0 Å². The van der Waals surface area contributed by atoms with Gasteiger partial charge in [-0.3, -0.25) is 9.59 Å². The first-order valence-electron chi connectivity index (χ1n) is 4.72. The minimum absolute atomic E-state index is 0.113. The standard InChI is InChI=1S/C9H16N2O3/c1-7(12)14-6-9(13)11-4-3-8(5-11)10-2/h8,10H,3-6H2,1-2H3. The highest BCUT2D eigenvalue weighted by atomic mass is 16.5. The van der Waals surface area contributed by atoms with Crippen molar-refractivity contribution in [2.24, 2.45) is 0 Å². The molecule has 5 nitrogen and oxygen atoms in total. The lowest BCUT2D eigenvalue weighted by Gasteiger charge is -2.15. The molecule has 1 fully saturated rings. The molecule has 1 N–H and O–H groups in total. The van der Waals surface area contributed by atoms with Gasteiger partial charge in [0, 0.05) is 26.1 Å². The summed E-state index contributed by atoms with van der Waals surface area (Å²) in [5, 5.41) is 3.11. The highest BCUT2D eigenvalue weighted by molar-refractivity contribution is 5.80. The maximum atomic E-state index is 11.4. The lowest BCUT2D eigenvalue weighted by molar-refractivity contribution is -0.149. The van der Waals surface area contributed by atoms with Crippen molar-refractivity contribution in [2.75, 3.05) is 26.7 Å². The first kappa shape index (κ1) is 11.0. The Morgan fingerprint density at radius 2 is 2.29 bits per heavy atom. The van der Waals surface area contributed by atoms with Crippen LogP contribution in [0.1, 0.15) is 13.3 Å². The van der Waals surface area contributed by atoms with Gasteiger partial charge < -0.3 is 15.0 Å². The van der Waals surface area contributed by atoms with Crippen molar-refractivity contribution in [3.05, 3.63) is 0 Å². The minimum Gasteiger partial charge on any atom is -0.456 e. The molecule has 0 aromatic rings. The second-order valence-electron chi connectivity index (χ2n) is 3.39. The molecule has 80 valence electrons. The van der Waals surface area contributed by atoms with E-state index in [2.05, 4.69) is 10.1 Å². The minimum atomic E-state index is -0.414. The number of esters is 1. The molecular weight excluding hydrogens is 184 g/mol. The molecule has 0 radical (unpaired) electrons. The molecule has 1 aliphatic rings. The Labute approximate surface area is 83.4 Å². The molecule has 1 atom stereocenters. The van der Waals surface area contributed by atoms with Crippen LogP contribution in [0.3, 0.4) is 0 Å². The predicted molar refractivity (Wildman–Crippen MR) is 50.7 cm³/mol. The first-order chi connectivity index (χ1) is 6.63. The molecule has 0 aromatic heterocycles. The maximum absolute atomic E-state index is 11.4. The molecule has 5 heteroatoms. The lowest BCUT2D eigenvalue weighted by Crippen LogP contribution is -2.35.